The molecule has 1 aliphatic rings. The number of hydrogen-bond acceptors (Lipinski definition) is 3. The number of carbonyl (C=O) groups excluding carboxylic acids is 1. The molecule has 0 N–H and O–H groups in total. The third-order valence-corrected chi connectivity index (χ3v) is 4.95. The molecule has 3 rings (SSSR count). The van der Waals surface area contributed by atoms with E-state index in [0.717, 1.165) is 50.1 Å². The highest BCUT2D eigenvalue weighted by Crippen LogP contribution is 2.21. The number of carbonyl (C=O) groups is 1. The number of pyridine rings is 1. The van der Waals surface area contributed by atoms with Gasteiger partial charge in [-0.1, -0.05) is 31.2 Å². The van der Waals surface area contributed by atoms with Crippen LogP contribution in [0.1, 0.15) is 34.8 Å². The van der Waals surface area contributed by atoms with E-state index < -0.39 is 0 Å². The van der Waals surface area contributed by atoms with Gasteiger partial charge in [0.1, 0.15) is 0 Å². The lowest BCUT2D eigenvalue weighted by atomic mass is 10.0. The van der Waals surface area contributed by atoms with E-state index in [1.54, 1.807) is 6.20 Å². The summed E-state index contributed by atoms with van der Waals surface area (Å²) < 4.78 is 0. The van der Waals surface area contributed by atoms with E-state index in [4.69, 9.17) is 0 Å². The molecule has 1 amide bonds. The SMILES string of the molecule is CCc1ccccc1C(=O)N1CC[C@H](CN(C)Cc2cccnc2)C1. The van der Waals surface area contributed by atoms with Gasteiger partial charge in [-0.3, -0.25) is 9.78 Å². The van der Waals surface area contributed by atoms with Crippen molar-refractivity contribution in [3.8, 4) is 0 Å². The first-order valence-corrected chi connectivity index (χ1v) is 9.12. The Kier molecular flexibility index (Phi) is 5.82. The molecule has 25 heavy (non-hydrogen) atoms. The van der Waals surface area contributed by atoms with Crippen LogP contribution in [-0.2, 0) is 13.0 Å². The zero-order chi connectivity index (χ0) is 17.6. The Bertz CT molecular complexity index is 701. The Hall–Kier alpha value is -2.20. The molecule has 1 aliphatic heterocycles. The van der Waals surface area contributed by atoms with Crippen LogP contribution in [-0.4, -0.2) is 47.4 Å². The van der Waals surface area contributed by atoms with E-state index in [0.29, 0.717) is 5.92 Å². The van der Waals surface area contributed by atoms with Crippen molar-refractivity contribution >= 4 is 5.91 Å². The zero-order valence-electron chi connectivity index (χ0n) is 15.2. The fourth-order valence-corrected chi connectivity index (χ4v) is 3.68. The van der Waals surface area contributed by atoms with Gasteiger partial charge in [-0.2, -0.15) is 0 Å². The van der Waals surface area contributed by atoms with Gasteiger partial charge in [0.25, 0.3) is 5.91 Å². The molecular formula is C21H27N3O. The first-order chi connectivity index (χ1) is 12.2. The maximum absolute atomic E-state index is 12.9. The molecule has 0 radical (unpaired) electrons. The number of likely N-dealkylation sites (tertiary alicyclic amines) is 1. The van der Waals surface area contributed by atoms with Gasteiger partial charge in [0, 0.05) is 44.1 Å². The van der Waals surface area contributed by atoms with Crippen molar-refractivity contribution in [2.24, 2.45) is 5.92 Å². The summed E-state index contributed by atoms with van der Waals surface area (Å²) in [5, 5.41) is 0. The van der Waals surface area contributed by atoms with Crippen LogP contribution < -0.4 is 0 Å². The molecule has 1 saturated heterocycles. The summed E-state index contributed by atoms with van der Waals surface area (Å²) in [4.78, 5) is 21.4. The van der Waals surface area contributed by atoms with Crippen LogP contribution in [0.5, 0.6) is 0 Å². The molecule has 0 saturated carbocycles. The molecule has 0 bridgehead atoms. The number of benzene rings is 1. The summed E-state index contributed by atoms with van der Waals surface area (Å²) in [7, 11) is 2.14. The molecule has 1 aromatic heterocycles. The Labute approximate surface area is 150 Å². The van der Waals surface area contributed by atoms with Crippen molar-refractivity contribution in [3.05, 3.63) is 65.5 Å². The second kappa shape index (κ2) is 8.26. The highest BCUT2D eigenvalue weighted by molar-refractivity contribution is 5.95. The number of rotatable bonds is 6. The van der Waals surface area contributed by atoms with Crippen LogP contribution >= 0.6 is 0 Å². The van der Waals surface area contributed by atoms with Gasteiger partial charge in [-0.15, -0.1) is 0 Å². The number of aromatic nitrogens is 1. The average molecular weight is 337 g/mol. The van der Waals surface area contributed by atoms with Gasteiger partial charge in [0.05, 0.1) is 0 Å². The highest BCUT2D eigenvalue weighted by Gasteiger charge is 2.28. The van der Waals surface area contributed by atoms with E-state index in [9.17, 15) is 4.79 Å². The number of nitrogens with zero attached hydrogens (tertiary/aromatic N) is 3. The standard InChI is InChI=1S/C21H27N3O/c1-3-19-8-4-5-9-20(19)21(25)24-12-10-18(16-24)15-23(2)14-17-7-6-11-22-13-17/h4-9,11,13,18H,3,10,12,14-16H2,1-2H3/t18-/m1/s1. The van der Waals surface area contributed by atoms with E-state index in [1.807, 2.05) is 35.4 Å². The molecule has 4 heteroatoms. The number of aryl methyl sites for hydroxylation is 1. The summed E-state index contributed by atoms with van der Waals surface area (Å²) in [5.41, 5.74) is 3.24. The Morgan fingerprint density at radius 3 is 2.88 bits per heavy atom. The fourth-order valence-electron chi connectivity index (χ4n) is 3.68. The van der Waals surface area contributed by atoms with Crippen LogP contribution in [0, 0.1) is 5.92 Å². The molecule has 2 heterocycles. The lowest BCUT2D eigenvalue weighted by molar-refractivity contribution is 0.0783. The fraction of sp³-hybridized carbons (Fsp3) is 0.429. The second-order valence-corrected chi connectivity index (χ2v) is 6.97. The third-order valence-electron chi connectivity index (χ3n) is 4.95. The molecule has 4 nitrogen and oxygen atoms in total. The quantitative estimate of drug-likeness (QED) is 0.812. The first kappa shape index (κ1) is 17.6. The van der Waals surface area contributed by atoms with Crippen molar-refractivity contribution in [1.82, 2.24) is 14.8 Å². The summed E-state index contributed by atoms with van der Waals surface area (Å²) in [5.74, 6) is 0.731. The van der Waals surface area contributed by atoms with Gasteiger partial charge in [-0.05, 0) is 49.1 Å². The Morgan fingerprint density at radius 2 is 2.12 bits per heavy atom. The van der Waals surface area contributed by atoms with Crippen molar-refractivity contribution in [2.45, 2.75) is 26.3 Å². The predicted octanol–water partition coefficient (Wildman–Crippen LogP) is 3.24. The highest BCUT2D eigenvalue weighted by atomic mass is 16.2. The molecular weight excluding hydrogens is 310 g/mol. The average Bonchev–Trinajstić information content (AvgIpc) is 3.10. The maximum Gasteiger partial charge on any atom is 0.254 e. The van der Waals surface area contributed by atoms with Crippen LogP contribution in [0.3, 0.4) is 0 Å². The molecule has 1 aromatic carbocycles. The Balaban J connectivity index is 1.55. The van der Waals surface area contributed by atoms with Gasteiger partial charge < -0.3 is 9.80 Å². The lowest BCUT2D eigenvalue weighted by Gasteiger charge is -2.22. The van der Waals surface area contributed by atoms with Gasteiger partial charge in [-0.25, -0.2) is 0 Å². The molecule has 0 spiro atoms. The van der Waals surface area contributed by atoms with Crippen molar-refractivity contribution < 1.29 is 4.79 Å². The van der Waals surface area contributed by atoms with E-state index in [-0.39, 0.29) is 5.91 Å². The van der Waals surface area contributed by atoms with Gasteiger partial charge in [0.2, 0.25) is 0 Å². The lowest BCUT2D eigenvalue weighted by Crippen LogP contribution is -2.32. The summed E-state index contributed by atoms with van der Waals surface area (Å²) in [6.45, 7) is 5.73. The van der Waals surface area contributed by atoms with Crippen LogP contribution in [0.4, 0.5) is 0 Å². The van der Waals surface area contributed by atoms with Gasteiger partial charge >= 0.3 is 0 Å². The van der Waals surface area contributed by atoms with Crippen molar-refractivity contribution in [1.29, 1.82) is 0 Å². The summed E-state index contributed by atoms with van der Waals surface area (Å²) in [6, 6.07) is 12.1. The minimum Gasteiger partial charge on any atom is -0.338 e. The zero-order valence-corrected chi connectivity index (χ0v) is 15.2. The summed E-state index contributed by atoms with van der Waals surface area (Å²) >= 11 is 0. The second-order valence-electron chi connectivity index (χ2n) is 6.97. The monoisotopic (exact) mass is 337 g/mol. The summed E-state index contributed by atoms with van der Waals surface area (Å²) in [6.07, 6.45) is 5.70. The smallest absolute Gasteiger partial charge is 0.254 e. The van der Waals surface area contributed by atoms with E-state index >= 15 is 0 Å². The van der Waals surface area contributed by atoms with Crippen LogP contribution in [0.15, 0.2) is 48.8 Å². The molecule has 1 atom stereocenters. The minimum absolute atomic E-state index is 0.190. The normalized spacial score (nSPS) is 17.2. The van der Waals surface area contributed by atoms with E-state index in [2.05, 4.69) is 36.0 Å². The number of hydrogen-bond donors (Lipinski definition) is 0. The number of amides is 1. The van der Waals surface area contributed by atoms with E-state index in [1.165, 1.54) is 5.56 Å². The van der Waals surface area contributed by atoms with Gasteiger partial charge in [0.15, 0.2) is 0 Å². The minimum atomic E-state index is 0.190. The molecule has 132 valence electrons. The largest absolute Gasteiger partial charge is 0.338 e. The van der Waals surface area contributed by atoms with Crippen molar-refractivity contribution in [2.75, 3.05) is 26.7 Å². The molecule has 1 fully saturated rings. The van der Waals surface area contributed by atoms with Crippen LogP contribution in [0.25, 0.3) is 0 Å². The van der Waals surface area contributed by atoms with Crippen LogP contribution in [0.2, 0.25) is 0 Å². The van der Waals surface area contributed by atoms with Crippen molar-refractivity contribution in [3.63, 3.8) is 0 Å². The Morgan fingerprint density at radius 1 is 1.28 bits per heavy atom. The molecule has 2 aromatic rings. The predicted molar refractivity (Wildman–Crippen MR) is 100 cm³/mol. The molecule has 0 unspecified atom stereocenters. The third kappa shape index (κ3) is 4.45. The topological polar surface area (TPSA) is 36.4 Å². The molecule has 0 aliphatic carbocycles. The maximum atomic E-state index is 12.9. The first-order valence-electron chi connectivity index (χ1n) is 9.12.